The third kappa shape index (κ3) is 3.03. The molecule has 1 heterocycles. The van der Waals surface area contributed by atoms with Crippen LogP contribution in [0.15, 0.2) is 18.2 Å². The average molecular weight is 237 g/mol. The van der Waals surface area contributed by atoms with E-state index in [0.717, 1.165) is 31.1 Å². The van der Waals surface area contributed by atoms with Crippen molar-refractivity contribution in [2.75, 3.05) is 13.1 Å². The van der Waals surface area contributed by atoms with Crippen LogP contribution in [-0.4, -0.2) is 29.1 Å². The number of nitrogens with zero attached hydrogens (tertiary/aromatic N) is 1. The van der Waals surface area contributed by atoms with E-state index in [1.165, 1.54) is 6.07 Å². The van der Waals surface area contributed by atoms with Crippen LogP contribution in [0.4, 0.5) is 4.39 Å². The number of carbonyl (C=O) groups is 1. The summed E-state index contributed by atoms with van der Waals surface area (Å²) < 4.78 is 13.3. The predicted molar refractivity (Wildman–Crippen MR) is 62.4 cm³/mol. The largest absolute Gasteiger partial charge is 0.478 e. The standard InChI is InChI=1S/C13H16FNO2/c1-9-2-3-15(7-9)8-10-4-11(13(16)17)6-12(14)5-10/h4-6,9H,2-3,7-8H2,1H3,(H,16,17). The van der Waals surface area contributed by atoms with Gasteiger partial charge in [-0.1, -0.05) is 6.92 Å². The summed E-state index contributed by atoms with van der Waals surface area (Å²) in [7, 11) is 0. The van der Waals surface area contributed by atoms with Crippen LogP contribution in [0.3, 0.4) is 0 Å². The van der Waals surface area contributed by atoms with Gasteiger partial charge in [0.2, 0.25) is 0 Å². The summed E-state index contributed by atoms with van der Waals surface area (Å²) in [6.45, 7) is 4.82. The molecular weight excluding hydrogens is 221 g/mol. The van der Waals surface area contributed by atoms with Crippen molar-refractivity contribution < 1.29 is 14.3 Å². The Morgan fingerprint density at radius 3 is 2.88 bits per heavy atom. The first-order valence-electron chi connectivity index (χ1n) is 5.79. The molecule has 17 heavy (non-hydrogen) atoms. The molecule has 1 atom stereocenters. The molecule has 4 heteroatoms. The molecule has 0 aliphatic carbocycles. The van der Waals surface area contributed by atoms with Gasteiger partial charge in [-0.15, -0.1) is 0 Å². The number of benzene rings is 1. The molecule has 92 valence electrons. The van der Waals surface area contributed by atoms with Crippen molar-refractivity contribution in [2.45, 2.75) is 19.9 Å². The van der Waals surface area contributed by atoms with E-state index in [2.05, 4.69) is 11.8 Å². The van der Waals surface area contributed by atoms with Gasteiger partial charge < -0.3 is 5.11 Å². The Balaban J connectivity index is 2.12. The van der Waals surface area contributed by atoms with Gasteiger partial charge in [0.15, 0.2) is 0 Å². The maximum Gasteiger partial charge on any atom is 0.335 e. The van der Waals surface area contributed by atoms with Crippen molar-refractivity contribution in [2.24, 2.45) is 5.92 Å². The highest BCUT2D eigenvalue weighted by atomic mass is 19.1. The van der Waals surface area contributed by atoms with Gasteiger partial charge in [-0.3, -0.25) is 4.90 Å². The summed E-state index contributed by atoms with van der Waals surface area (Å²) in [6.07, 6.45) is 1.15. The van der Waals surface area contributed by atoms with Crippen LogP contribution in [-0.2, 0) is 6.54 Å². The Labute approximate surface area is 99.9 Å². The smallest absolute Gasteiger partial charge is 0.335 e. The molecule has 1 aliphatic heterocycles. The fourth-order valence-corrected chi connectivity index (χ4v) is 2.29. The molecule has 1 fully saturated rings. The maximum atomic E-state index is 13.3. The molecule has 0 saturated carbocycles. The summed E-state index contributed by atoms with van der Waals surface area (Å²) in [5, 5.41) is 8.86. The molecule has 1 aromatic rings. The first-order chi connectivity index (χ1) is 8.04. The predicted octanol–water partition coefficient (Wildman–Crippen LogP) is 2.37. The number of rotatable bonds is 3. The van der Waals surface area contributed by atoms with Crippen LogP contribution in [0.2, 0.25) is 0 Å². The van der Waals surface area contributed by atoms with E-state index < -0.39 is 11.8 Å². The highest BCUT2D eigenvalue weighted by molar-refractivity contribution is 5.87. The normalized spacial score (nSPS) is 20.7. The van der Waals surface area contributed by atoms with E-state index in [0.29, 0.717) is 12.5 Å². The Morgan fingerprint density at radius 1 is 1.53 bits per heavy atom. The minimum atomic E-state index is -1.08. The summed E-state index contributed by atoms with van der Waals surface area (Å²) in [5.41, 5.74) is 0.753. The average Bonchev–Trinajstić information content (AvgIpc) is 2.63. The van der Waals surface area contributed by atoms with Gasteiger partial charge in [0.1, 0.15) is 5.82 Å². The lowest BCUT2D eigenvalue weighted by atomic mass is 10.1. The first-order valence-corrected chi connectivity index (χ1v) is 5.79. The second kappa shape index (κ2) is 4.84. The number of carboxylic acids is 1. The first kappa shape index (κ1) is 12.0. The summed E-state index contributed by atoms with van der Waals surface area (Å²) in [5.74, 6) is -0.893. The van der Waals surface area contributed by atoms with E-state index >= 15 is 0 Å². The van der Waals surface area contributed by atoms with E-state index in [-0.39, 0.29) is 5.56 Å². The van der Waals surface area contributed by atoms with Gasteiger partial charge in [-0.25, -0.2) is 9.18 Å². The third-order valence-electron chi connectivity index (χ3n) is 3.12. The molecule has 0 aromatic heterocycles. The lowest BCUT2D eigenvalue weighted by molar-refractivity contribution is 0.0696. The number of hydrogen-bond donors (Lipinski definition) is 1. The molecule has 1 unspecified atom stereocenters. The Hall–Kier alpha value is -1.42. The number of halogens is 1. The summed E-state index contributed by atoms with van der Waals surface area (Å²) >= 11 is 0. The van der Waals surface area contributed by atoms with Gasteiger partial charge in [0.25, 0.3) is 0 Å². The van der Waals surface area contributed by atoms with Gasteiger partial charge in [-0.2, -0.15) is 0 Å². The Morgan fingerprint density at radius 2 is 2.29 bits per heavy atom. The molecule has 2 rings (SSSR count). The van der Waals surface area contributed by atoms with Crippen LogP contribution >= 0.6 is 0 Å². The molecule has 1 aliphatic rings. The molecule has 1 saturated heterocycles. The van der Waals surface area contributed by atoms with Gasteiger partial charge in [-0.05, 0) is 42.6 Å². The van der Waals surface area contributed by atoms with Crippen LogP contribution in [0.5, 0.6) is 0 Å². The van der Waals surface area contributed by atoms with Gasteiger partial charge >= 0.3 is 5.97 Å². The zero-order chi connectivity index (χ0) is 12.4. The maximum absolute atomic E-state index is 13.3. The monoisotopic (exact) mass is 237 g/mol. The number of carboxylic acid groups (broad SMARTS) is 1. The van der Waals surface area contributed by atoms with Crippen LogP contribution in [0.25, 0.3) is 0 Å². The van der Waals surface area contributed by atoms with Crippen molar-refractivity contribution in [3.8, 4) is 0 Å². The third-order valence-corrected chi connectivity index (χ3v) is 3.12. The second-order valence-corrected chi connectivity index (χ2v) is 4.78. The van der Waals surface area contributed by atoms with Gasteiger partial charge in [0.05, 0.1) is 5.56 Å². The highest BCUT2D eigenvalue weighted by Gasteiger charge is 2.19. The molecule has 1 aromatic carbocycles. The Bertz CT molecular complexity index is 433. The fourth-order valence-electron chi connectivity index (χ4n) is 2.29. The lowest BCUT2D eigenvalue weighted by Gasteiger charge is -2.15. The molecule has 0 spiro atoms. The van der Waals surface area contributed by atoms with Crippen molar-refractivity contribution in [1.82, 2.24) is 4.90 Å². The zero-order valence-electron chi connectivity index (χ0n) is 9.82. The molecule has 1 N–H and O–H groups in total. The van der Waals surface area contributed by atoms with E-state index in [1.54, 1.807) is 6.07 Å². The van der Waals surface area contributed by atoms with Crippen LogP contribution < -0.4 is 0 Å². The second-order valence-electron chi connectivity index (χ2n) is 4.78. The molecule has 3 nitrogen and oxygen atoms in total. The quantitative estimate of drug-likeness (QED) is 0.877. The number of aromatic carboxylic acids is 1. The highest BCUT2D eigenvalue weighted by Crippen LogP contribution is 2.19. The molecule has 0 radical (unpaired) electrons. The molecule has 0 amide bonds. The summed E-state index contributed by atoms with van der Waals surface area (Å²) in [4.78, 5) is 13.0. The number of hydrogen-bond acceptors (Lipinski definition) is 2. The lowest BCUT2D eigenvalue weighted by Crippen LogP contribution is -2.20. The van der Waals surface area contributed by atoms with Crippen molar-refractivity contribution in [1.29, 1.82) is 0 Å². The van der Waals surface area contributed by atoms with Gasteiger partial charge in [0, 0.05) is 13.1 Å². The van der Waals surface area contributed by atoms with Crippen molar-refractivity contribution >= 4 is 5.97 Å². The minimum absolute atomic E-state index is 0.0206. The van der Waals surface area contributed by atoms with E-state index in [4.69, 9.17) is 5.11 Å². The van der Waals surface area contributed by atoms with E-state index in [1.807, 2.05) is 0 Å². The fraction of sp³-hybridized carbons (Fsp3) is 0.462. The molecular formula is C13H16FNO2. The SMILES string of the molecule is CC1CCN(Cc2cc(F)cc(C(=O)O)c2)C1. The minimum Gasteiger partial charge on any atom is -0.478 e. The zero-order valence-corrected chi connectivity index (χ0v) is 9.82. The topological polar surface area (TPSA) is 40.5 Å². The van der Waals surface area contributed by atoms with E-state index in [9.17, 15) is 9.18 Å². The van der Waals surface area contributed by atoms with Crippen LogP contribution in [0, 0.1) is 11.7 Å². The van der Waals surface area contributed by atoms with Crippen LogP contribution in [0.1, 0.15) is 29.3 Å². The number of likely N-dealkylation sites (tertiary alicyclic amines) is 1. The molecule has 0 bridgehead atoms. The Kier molecular flexibility index (Phi) is 3.43. The van der Waals surface area contributed by atoms with Crippen molar-refractivity contribution in [3.05, 3.63) is 35.1 Å². The summed E-state index contributed by atoms with van der Waals surface area (Å²) in [6, 6.07) is 4.02. The van der Waals surface area contributed by atoms with Crippen molar-refractivity contribution in [3.63, 3.8) is 0 Å².